The summed E-state index contributed by atoms with van der Waals surface area (Å²) in [6, 6.07) is 108. The van der Waals surface area contributed by atoms with Crippen molar-refractivity contribution in [1.29, 1.82) is 0 Å². The van der Waals surface area contributed by atoms with Crippen molar-refractivity contribution in [2.24, 2.45) is 29.6 Å². The zero-order valence-electron chi connectivity index (χ0n) is 82.0. The Morgan fingerprint density at radius 3 is 1.12 bits per heavy atom. The normalized spacial score (nSPS) is 17.8. The second kappa shape index (κ2) is 49.7. The molecule has 10 nitrogen and oxygen atoms in total. The van der Waals surface area contributed by atoms with Crippen LogP contribution in [0.1, 0.15) is 233 Å². The van der Waals surface area contributed by atoms with Crippen LogP contribution in [0.5, 0.6) is 0 Å². The Kier molecular flexibility index (Phi) is 37.8. The van der Waals surface area contributed by atoms with Gasteiger partial charge in [0.15, 0.2) is 11.6 Å². The molecule has 0 amide bonds. The third kappa shape index (κ3) is 26.2. The zero-order valence-corrected chi connectivity index (χ0v) is 91.6. The molecule has 14 heteroatoms. The number of aryl methyl sites for hydroxylation is 5. The van der Waals surface area contributed by atoms with Gasteiger partial charge in [-0.05, 0) is 327 Å². The summed E-state index contributed by atoms with van der Waals surface area (Å²) >= 11 is 0. The van der Waals surface area contributed by atoms with Gasteiger partial charge in [-0.15, -0.1) is 213 Å². The van der Waals surface area contributed by atoms with Gasteiger partial charge in [0.1, 0.15) is 0 Å². The van der Waals surface area contributed by atoms with E-state index in [1.165, 1.54) is 164 Å². The standard InChI is InChI=1S/C23H22N.C22H20N.2C20H16N.C13H24O2.C12H10N.C11H8N.C5H8O2.4Ir/c1-14-11-15(2)13-18(12-14)21-9-8-20-22(24-21)10-7-19-16-3-5-17(6-4-16)23(19)20;1-13-5-14(2)7-19(6-13)21-4-3-16-11-20-17-8-15(9-17)10-18(20)12-22(16)23-21;2*1-2-4-14(5-3-1)19-7-6-15-11-18-16-8-13(9-16)10-17(18)12-20(15)21-19;1-5-10(6-2)12(14)9-13(15)11(7-3)8-4;1-10-6-5-9-12(13-10)11-7-3-2-4-8-11;1-2-6-10(7-3-1)11-8-4-5-9-12-11;1-4(6)3-5(2)7;;;;/h7-12,16-17H,3-6H2,1-2H3;3-6,11-12,15,17H,8-10H2,1-2H3;2*1-4,6-7,11-13,16H,8-10H2;9-11,14H,5-8H2,1-4H3;2-7,9H,1H3;1-6,8-9H;3,6H,1-2H3;;;;/q4*-1;;2*-1;;;;;. The minimum Gasteiger partial charge on any atom is -0.512 e. The number of benzene rings is 10. The number of allylic oxidation sites excluding steroid dienone is 4. The van der Waals surface area contributed by atoms with Gasteiger partial charge >= 0.3 is 0 Å². The third-order valence-electron chi connectivity index (χ3n) is 28.8. The van der Waals surface area contributed by atoms with Gasteiger partial charge in [-0.3, -0.25) is 29.5 Å². The van der Waals surface area contributed by atoms with E-state index in [9.17, 15) is 14.7 Å². The van der Waals surface area contributed by atoms with Crippen LogP contribution in [0.2, 0.25) is 0 Å². The molecule has 12 aliphatic carbocycles. The van der Waals surface area contributed by atoms with E-state index >= 15 is 0 Å². The van der Waals surface area contributed by atoms with Gasteiger partial charge in [0.2, 0.25) is 0 Å². The molecule has 0 atom stereocenters. The molecule has 2 N–H and O–H groups in total. The molecule has 28 rings (SSSR count). The van der Waals surface area contributed by atoms with Crippen molar-refractivity contribution in [2.75, 3.05) is 0 Å². The van der Waals surface area contributed by atoms with Gasteiger partial charge in [-0.25, -0.2) is 0 Å². The van der Waals surface area contributed by atoms with Crippen LogP contribution in [0.25, 0.3) is 111 Å². The Bertz CT molecular complexity index is 6760. The van der Waals surface area contributed by atoms with Crippen molar-refractivity contribution in [3.05, 3.63) is 394 Å². The monoisotopic (exact) mass is 2560 g/mol. The summed E-state index contributed by atoms with van der Waals surface area (Å²) in [5.74, 6) is 7.31. The molecule has 6 aromatic heterocycles. The molecule has 4 radical (unpaired) electrons. The van der Waals surface area contributed by atoms with E-state index in [-0.39, 0.29) is 115 Å². The first-order valence-corrected chi connectivity index (χ1v) is 49.4. The first-order valence-electron chi connectivity index (χ1n) is 49.4. The molecule has 0 saturated heterocycles. The predicted molar refractivity (Wildman–Crippen MR) is 557 cm³/mol. The van der Waals surface area contributed by atoms with Gasteiger partial charge in [-0.1, -0.05) is 134 Å². The number of pyridine rings is 6. The Morgan fingerprint density at radius 2 is 0.750 bits per heavy atom. The second-order valence-electron chi connectivity index (χ2n) is 38.8. The van der Waals surface area contributed by atoms with Gasteiger partial charge < -0.3 is 20.2 Å². The maximum atomic E-state index is 11.7. The number of carbonyl (C=O) groups is 2. The molecular formula is C126H124Ir4N6O4-6. The zero-order chi connectivity index (χ0) is 94.5. The maximum Gasteiger partial charge on any atom is 0.162 e. The van der Waals surface area contributed by atoms with Crippen molar-refractivity contribution in [2.45, 2.75) is 215 Å². The molecular weight excluding hydrogens is 2430 g/mol. The van der Waals surface area contributed by atoms with E-state index in [0.29, 0.717) is 0 Å². The number of fused-ring (bicyclic) bond motifs is 6. The van der Waals surface area contributed by atoms with E-state index in [2.05, 4.69) is 208 Å². The van der Waals surface area contributed by atoms with Crippen molar-refractivity contribution >= 4 is 55.2 Å². The molecule has 4 fully saturated rings. The summed E-state index contributed by atoms with van der Waals surface area (Å²) in [6.07, 6.45) is 25.5. The van der Waals surface area contributed by atoms with Gasteiger partial charge in [-0.2, -0.15) is 0 Å². The smallest absolute Gasteiger partial charge is 0.162 e. The number of aliphatic hydroxyl groups is 2. The third-order valence-corrected chi connectivity index (χ3v) is 28.8. The number of rotatable bonds is 14. The molecule has 724 valence electrons. The van der Waals surface area contributed by atoms with Crippen LogP contribution in [-0.2, 0) is 109 Å². The Labute approximate surface area is 883 Å². The summed E-state index contributed by atoms with van der Waals surface area (Å²) in [6.45, 7) is 21.4. The van der Waals surface area contributed by atoms with E-state index in [1.54, 1.807) is 39.6 Å². The van der Waals surface area contributed by atoms with Gasteiger partial charge in [0.05, 0.1) is 33.6 Å². The summed E-state index contributed by atoms with van der Waals surface area (Å²) in [7, 11) is 0. The number of aliphatic hydroxyl groups excluding tert-OH is 2. The molecule has 4 saturated carbocycles. The van der Waals surface area contributed by atoms with Crippen molar-refractivity contribution in [3.8, 4) is 67.5 Å². The first kappa shape index (κ1) is 106. The molecule has 0 unspecified atom stereocenters. The Balaban J connectivity index is 0.000000137. The van der Waals surface area contributed by atoms with E-state index in [1.807, 2.05) is 156 Å². The fraction of sp³-hybridized carbons (Fsp3) is 0.302. The van der Waals surface area contributed by atoms with Crippen molar-refractivity contribution in [1.82, 2.24) is 29.9 Å². The summed E-state index contributed by atoms with van der Waals surface area (Å²) in [4.78, 5) is 50.0. The van der Waals surface area contributed by atoms with Crippen LogP contribution in [0.15, 0.2) is 285 Å². The maximum absolute atomic E-state index is 11.7. The fourth-order valence-corrected chi connectivity index (χ4v) is 21.7. The molecule has 0 aliphatic heterocycles. The fourth-order valence-electron chi connectivity index (χ4n) is 21.7. The second-order valence-corrected chi connectivity index (χ2v) is 38.8. The van der Waals surface area contributed by atoms with Crippen LogP contribution in [-0.4, -0.2) is 51.7 Å². The average Bonchev–Trinajstić information content (AvgIpc) is 0.753. The summed E-state index contributed by atoms with van der Waals surface area (Å²) in [5, 5.41) is 23.3. The van der Waals surface area contributed by atoms with Crippen LogP contribution < -0.4 is 0 Å². The number of ketones is 2. The number of nitrogens with zero attached hydrogens (tertiary/aromatic N) is 6. The first-order chi connectivity index (χ1) is 66.1. The van der Waals surface area contributed by atoms with Crippen molar-refractivity contribution in [3.63, 3.8) is 0 Å². The molecule has 12 aliphatic rings. The number of hydrogen-bond acceptors (Lipinski definition) is 10. The Morgan fingerprint density at radius 1 is 0.364 bits per heavy atom. The van der Waals surface area contributed by atoms with E-state index < -0.39 is 0 Å². The average molecular weight is 2560 g/mol. The van der Waals surface area contributed by atoms with Crippen LogP contribution in [0, 0.1) is 101 Å². The quantitative estimate of drug-likeness (QED) is 0.0611. The number of hydrogen-bond donors (Lipinski definition) is 2. The topological polar surface area (TPSA) is 152 Å². The van der Waals surface area contributed by atoms with Gasteiger partial charge in [0, 0.05) is 122 Å². The van der Waals surface area contributed by atoms with Crippen LogP contribution >= 0.6 is 0 Å². The van der Waals surface area contributed by atoms with E-state index in [4.69, 9.17) is 25.0 Å². The summed E-state index contributed by atoms with van der Waals surface area (Å²) in [5.41, 5.74) is 35.6. The number of aromatic nitrogens is 6. The van der Waals surface area contributed by atoms with Crippen LogP contribution in [0.4, 0.5) is 0 Å². The van der Waals surface area contributed by atoms with Crippen LogP contribution in [0.3, 0.4) is 0 Å². The molecule has 10 aromatic carbocycles. The molecule has 8 bridgehead atoms. The minimum absolute atomic E-state index is 0. The largest absolute Gasteiger partial charge is 0.512 e. The van der Waals surface area contributed by atoms with Gasteiger partial charge in [0.25, 0.3) is 0 Å². The minimum atomic E-state index is -0.125. The molecule has 6 heterocycles. The number of carbonyl (C=O) groups excluding carboxylic acids is 2. The molecule has 0 spiro atoms. The predicted octanol–water partition coefficient (Wildman–Crippen LogP) is 31.2. The summed E-state index contributed by atoms with van der Waals surface area (Å²) < 4.78 is 0. The molecule has 16 aromatic rings. The van der Waals surface area contributed by atoms with Crippen molar-refractivity contribution < 1.29 is 100 Å². The SMILES string of the molecule is CC(=O)C=C(C)O.CCC(CC)C(=O)C=C(O)C(CC)CC.Cc1[c-]c(-c2ccc3c4c(ccc3n2)C2CCC4CC2)cc(C)c1.Cc1[c-]c(-c2ccc3cc4c(cc3n2)CC2CC4C2)cc(C)c1.Cc1cccc(-c2[c-]cccc2)n1.[Ir].[Ir].[Ir].[Ir].[c-]1ccccc1-c1ccc2cc3c(cc2n1)CC1CC3C1.[c-]1ccccc1-c1ccc2cc3c(cc2n1)CC1CC3C1.[c-]1ccccc1-c1ccccn1. The Hall–Kier alpha value is -10.8. The van der Waals surface area contributed by atoms with E-state index in [0.717, 1.165) is 168 Å². The molecule has 140 heavy (non-hydrogen) atoms.